The molecule has 0 bridgehead atoms. The van der Waals surface area contributed by atoms with Crippen LogP contribution in [0.2, 0.25) is 0 Å². The molecule has 2 rings (SSSR count). The van der Waals surface area contributed by atoms with Crippen molar-refractivity contribution in [2.45, 2.75) is 6.54 Å². The minimum absolute atomic E-state index is 0.187. The zero-order valence-electron chi connectivity index (χ0n) is 9.08. The number of anilines is 1. The lowest BCUT2D eigenvalue weighted by Crippen LogP contribution is -2.08. The predicted octanol–water partition coefficient (Wildman–Crippen LogP) is 1.33. The summed E-state index contributed by atoms with van der Waals surface area (Å²) in [4.78, 5) is 15.2. The van der Waals surface area contributed by atoms with E-state index in [0.29, 0.717) is 12.4 Å². The molecular formula is C10H10N4O2S. The third kappa shape index (κ3) is 2.97. The fourth-order valence-corrected chi connectivity index (χ4v) is 1.70. The van der Waals surface area contributed by atoms with Gasteiger partial charge in [-0.1, -0.05) is 0 Å². The van der Waals surface area contributed by atoms with Crippen molar-refractivity contribution in [2.75, 3.05) is 12.4 Å². The van der Waals surface area contributed by atoms with Crippen molar-refractivity contribution in [3.05, 3.63) is 34.4 Å². The fraction of sp³-hybridized carbons (Fsp3) is 0.200. The summed E-state index contributed by atoms with van der Waals surface area (Å²) in [5.41, 5.74) is 2.89. The Kier molecular flexibility index (Phi) is 3.61. The maximum absolute atomic E-state index is 11.1. The molecule has 2 heterocycles. The maximum Gasteiger partial charge on any atom is 0.358 e. The van der Waals surface area contributed by atoms with Gasteiger partial charge in [0.15, 0.2) is 5.69 Å². The molecule has 0 saturated heterocycles. The lowest BCUT2D eigenvalue weighted by atomic mass is 10.4. The van der Waals surface area contributed by atoms with Gasteiger partial charge in [0.2, 0.25) is 0 Å². The van der Waals surface area contributed by atoms with Crippen molar-refractivity contribution in [3.8, 4) is 0 Å². The number of hydrogen-bond donors (Lipinski definition) is 1. The van der Waals surface area contributed by atoms with Crippen LogP contribution in [-0.2, 0) is 11.3 Å². The van der Waals surface area contributed by atoms with Crippen molar-refractivity contribution in [1.29, 1.82) is 0 Å². The van der Waals surface area contributed by atoms with Gasteiger partial charge in [-0.05, 0) is 12.1 Å². The topological polar surface area (TPSA) is 77.0 Å². The van der Waals surface area contributed by atoms with Gasteiger partial charge < -0.3 is 10.1 Å². The highest BCUT2D eigenvalue weighted by molar-refractivity contribution is 7.07. The summed E-state index contributed by atoms with van der Waals surface area (Å²) in [6, 6.07) is 3.23. The fourth-order valence-electron chi connectivity index (χ4n) is 1.15. The SMILES string of the molecule is COC(=O)c1ccc(NCc2cscn2)nn1. The molecule has 17 heavy (non-hydrogen) atoms. The van der Waals surface area contributed by atoms with Crippen LogP contribution >= 0.6 is 11.3 Å². The number of nitrogens with one attached hydrogen (secondary N) is 1. The number of carbonyl (C=O) groups excluding carboxylic acids is 1. The second-order valence-electron chi connectivity index (χ2n) is 3.13. The van der Waals surface area contributed by atoms with Crippen LogP contribution in [0.3, 0.4) is 0 Å². The first-order chi connectivity index (χ1) is 8.29. The molecule has 0 unspecified atom stereocenters. The molecule has 0 saturated carbocycles. The summed E-state index contributed by atoms with van der Waals surface area (Å²) in [5, 5.41) is 12.6. The molecule has 1 N–H and O–H groups in total. The number of esters is 1. The molecule has 0 amide bonds. The van der Waals surface area contributed by atoms with E-state index in [1.165, 1.54) is 18.4 Å². The summed E-state index contributed by atoms with van der Waals surface area (Å²) in [5.74, 6) is 0.0919. The van der Waals surface area contributed by atoms with Gasteiger partial charge in [0, 0.05) is 5.38 Å². The maximum atomic E-state index is 11.1. The van der Waals surface area contributed by atoms with E-state index in [1.54, 1.807) is 17.6 Å². The van der Waals surface area contributed by atoms with Gasteiger partial charge in [-0.3, -0.25) is 0 Å². The predicted molar refractivity (Wildman–Crippen MR) is 62.8 cm³/mol. The number of ether oxygens (including phenoxy) is 1. The summed E-state index contributed by atoms with van der Waals surface area (Å²) >= 11 is 1.54. The van der Waals surface area contributed by atoms with Gasteiger partial charge >= 0.3 is 5.97 Å². The third-order valence-electron chi connectivity index (χ3n) is 1.99. The molecular weight excluding hydrogens is 240 g/mol. The van der Waals surface area contributed by atoms with E-state index >= 15 is 0 Å². The van der Waals surface area contributed by atoms with Crippen LogP contribution < -0.4 is 5.32 Å². The normalized spacial score (nSPS) is 9.94. The minimum atomic E-state index is -0.497. The molecule has 0 aliphatic rings. The standard InChI is InChI=1S/C10H10N4O2S/c1-16-10(15)8-2-3-9(14-13-8)11-4-7-5-17-6-12-7/h2-3,5-6H,4H2,1H3,(H,11,14). The Balaban J connectivity index is 1.96. The van der Waals surface area contributed by atoms with E-state index in [9.17, 15) is 4.79 Å². The van der Waals surface area contributed by atoms with Crippen molar-refractivity contribution in [2.24, 2.45) is 0 Å². The Labute approximate surface area is 102 Å². The molecule has 0 atom stereocenters. The Hall–Kier alpha value is -2.02. The largest absolute Gasteiger partial charge is 0.464 e. The average molecular weight is 250 g/mol. The number of nitrogens with zero attached hydrogens (tertiary/aromatic N) is 3. The molecule has 0 aromatic carbocycles. The van der Waals surface area contributed by atoms with Crippen molar-refractivity contribution in [3.63, 3.8) is 0 Å². The zero-order valence-corrected chi connectivity index (χ0v) is 9.90. The van der Waals surface area contributed by atoms with Gasteiger partial charge in [0.1, 0.15) is 5.82 Å². The summed E-state index contributed by atoms with van der Waals surface area (Å²) in [7, 11) is 1.30. The third-order valence-corrected chi connectivity index (χ3v) is 2.63. The highest BCUT2D eigenvalue weighted by atomic mass is 32.1. The number of thiazole rings is 1. The van der Waals surface area contributed by atoms with E-state index in [-0.39, 0.29) is 5.69 Å². The number of hydrogen-bond acceptors (Lipinski definition) is 7. The van der Waals surface area contributed by atoms with Crippen LogP contribution in [0.1, 0.15) is 16.2 Å². The highest BCUT2D eigenvalue weighted by Crippen LogP contribution is 2.06. The van der Waals surface area contributed by atoms with E-state index in [1.807, 2.05) is 5.38 Å². The molecule has 0 radical (unpaired) electrons. The molecule has 7 heteroatoms. The lowest BCUT2D eigenvalue weighted by Gasteiger charge is -2.02. The monoisotopic (exact) mass is 250 g/mol. The van der Waals surface area contributed by atoms with Gasteiger partial charge in [-0.25, -0.2) is 9.78 Å². The summed E-state index contributed by atoms with van der Waals surface area (Å²) < 4.78 is 4.52. The van der Waals surface area contributed by atoms with Crippen molar-refractivity contribution < 1.29 is 9.53 Å². The zero-order chi connectivity index (χ0) is 12.1. The molecule has 2 aromatic heterocycles. The molecule has 0 fully saturated rings. The lowest BCUT2D eigenvalue weighted by molar-refractivity contribution is 0.0593. The molecule has 0 spiro atoms. The van der Waals surface area contributed by atoms with Gasteiger partial charge in [0.05, 0.1) is 24.9 Å². The number of aromatic nitrogens is 3. The first kappa shape index (κ1) is 11.5. The Morgan fingerprint density at radius 1 is 1.47 bits per heavy atom. The van der Waals surface area contributed by atoms with E-state index in [0.717, 1.165) is 5.69 Å². The number of methoxy groups -OCH3 is 1. The van der Waals surface area contributed by atoms with Gasteiger partial charge in [0.25, 0.3) is 0 Å². The molecule has 88 valence electrons. The van der Waals surface area contributed by atoms with Gasteiger partial charge in [-0.15, -0.1) is 21.5 Å². The van der Waals surface area contributed by atoms with Crippen LogP contribution in [0.25, 0.3) is 0 Å². The van der Waals surface area contributed by atoms with Crippen LogP contribution in [0.5, 0.6) is 0 Å². The minimum Gasteiger partial charge on any atom is -0.464 e. The van der Waals surface area contributed by atoms with E-state index < -0.39 is 5.97 Å². The summed E-state index contributed by atoms with van der Waals surface area (Å²) in [6.45, 7) is 0.579. The molecule has 6 nitrogen and oxygen atoms in total. The molecule has 0 aliphatic carbocycles. The molecule has 0 aliphatic heterocycles. The Morgan fingerprint density at radius 2 is 2.35 bits per heavy atom. The Bertz CT molecular complexity index is 484. The average Bonchev–Trinajstić information content (AvgIpc) is 2.89. The number of carbonyl (C=O) groups is 1. The van der Waals surface area contributed by atoms with Crippen molar-refractivity contribution >= 4 is 23.1 Å². The van der Waals surface area contributed by atoms with Crippen LogP contribution in [0.4, 0.5) is 5.82 Å². The van der Waals surface area contributed by atoms with E-state index in [4.69, 9.17) is 0 Å². The number of rotatable bonds is 4. The molecule has 2 aromatic rings. The van der Waals surface area contributed by atoms with Crippen LogP contribution in [-0.4, -0.2) is 28.3 Å². The van der Waals surface area contributed by atoms with Crippen molar-refractivity contribution in [1.82, 2.24) is 15.2 Å². The van der Waals surface area contributed by atoms with Crippen LogP contribution in [0, 0.1) is 0 Å². The second-order valence-corrected chi connectivity index (χ2v) is 3.85. The quantitative estimate of drug-likeness (QED) is 0.825. The first-order valence-electron chi connectivity index (χ1n) is 4.82. The van der Waals surface area contributed by atoms with Gasteiger partial charge in [-0.2, -0.15) is 0 Å². The summed E-state index contributed by atoms with van der Waals surface area (Å²) in [6.07, 6.45) is 0. The Morgan fingerprint density at radius 3 is 2.94 bits per heavy atom. The smallest absolute Gasteiger partial charge is 0.358 e. The first-order valence-corrected chi connectivity index (χ1v) is 5.77. The second kappa shape index (κ2) is 5.35. The van der Waals surface area contributed by atoms with E-state index in [2.05, 4.69) is 25.2 Å². The van der Waals surface area contributed by atoms with Crippen LogP contribution in [0.15, 0.2) is 23.0 Å². The highest BCUT2D eigenvalue weighted by Gasteiger charge is 2.07.